The lowest BCUT2D eigenvalue weighted by atomic mass is 9.94. The second-order valence-corrected chi connectivity index (χ2v) is 5.01. The Morgan fingerprint density at radius 1 is 1.16 bits per heavy atom. The summed E-state index contributed by atoms with van der Waals surface area (Å²) in [4.78, 5) is 0. The Balaban J connectivity index is 2.23. The number of hydrogen-bond donors (Lipinski definition) is 1. The third kappa shape index (κ3) is 3.34. The zero-order valence-electron chi connectivity index (χ0n) is 10.9. The maximum Gasteiger partial charge on any atom is 0.124 e. The number of rotatable bonds is 4. The topological polar surface area (TPSA) is 26.0 Å². The summed E-state index contributed by atoms with van der Waals surface area (Å²) in [5, 5.41) is 0.435. The van der Waals surface area contributed by atoms with Gasteiger partial charge in [-0.05, 0) is 41.7 Å². The molecular weight excluding hydrogens is 261 g/mol. The molecule has 3 heteroatoms. The van der Waals surface area contributed by atoms with Crippen molar-refractivity contribution in [2.75, 3.05) is 0 Å². The van der Waals surface area contributed by atoms with Gasteiger partial charge in [0.25, 0.3) is 0 Å². The Hall–Kier alpha value is -1.38. The first-order chi connectivity index (χ1) is 9.11. The van der Waals surface area contributed by atoms with E-state index in [1.54, 1.807) is 6.07 Å². The molecule has 0 saturated carbocycles. The van der Waals surface area contributed by atoms with Crippen LogP contribution in [0.25, 0.3) is 0 Å². The molecule has 2 rings (SSSR count). The van der Waals surface area contributed by atoms with E-state index < -0.39 is 0 Å². The molecule has 100 valence electrons. The largest absolute Gasteiger partial charge is 0.324 e. The van der Waals surface area contributed by atoms with Crippen LogP contribution in [0.2, 0.25) is 5.02 Å². The molecule has 0 amide bonds. The zero-order valence-corrected chi connectivity index (χ0v) is 11.6. The minimum Gasteiger partial charge on any atom is -0.324 e. The van der Waals surface area contributed by atoms with Gasteiger partial charge in [0.2, 0.25) is 0 Å². The van der Waals surface area contributed by atoms with Crippen molar-refractivity contribution in [1.29, 1.82) is 0 Å². The molecule has 2 N–H and O–H groups in total. The minimum atomic E-state index is -0.323. The summed E-state index contributed by atoms with van der Waals surface area (Å²) in [6.07, 6.45) is 1.55. The van der Waals surface area contributed by atoms with Crippen LogP contribution in [0.3, 0.4) is 0 Å². The van der Waals surface area contributed by atoms with Gasteiger partial charge in [0, 0.05) is 11.1 Å². The fourth-order valence-electron chi connectivity index (χ4n) is 2.25. The monoisotopic (exact) mass is 277 g/mol. The van der Waals surface area contributed by atoms with Crippen molar-refractivity contribution in [3.05, 3.63) is 70.0 Å². The number of nitrogens with two attached hydrogens (primary N) is 1. The molecule has 0 aromatic heterocycles. The van der Waals surface area contributed by atoms with E-state index in [-0.39, 0.29) is 11.9 Å². The summed E-state index contributed by atoms with van der Waals surface area (Å²) in [5.41, 5.74) is 9.51. The van der Waals surface area contributed by atoms with Crippen LogP contribution in [0.4, 0.5) is 4.39 Å². The van der Waals surface area contributed by atoms with E-state index in [1.165, 1.54) is 17.7 Å². The van der Waals surface area contributed by atoms with Crippen molar-refractivity contribution in [2.45, 2.75) is 25.8 Å². The highest BCUT2D eigenvalue weighted by atomic mass is 35.5. The number of benzene rings is 2. The Morgan fingerprint density at radius 3 is 2.58 bits per heavy atom. The maximum absolute atomic E-state index is 13.0. The minimum absolute atomic E-state index is 0.126. The van der Waals surface area contributed by atoms with E-state index in [0.717, 1.165) is 17.5 Å². The van der Waals surface area contributed by atoms with Crippen molar-refractivity contribution < 1.29 is 4.39 Å². The lowest BCUT2D eigenvalue weighted by Gasteiger charge is -2.16. The van der Waals surface area contributed by atoms with Gasteiger partial charge in [-0.15, -0.1) is 0 Å². The Kier molecular flexibility index (Phi) is 4.56. The summed E-state index contributed by atoms with van der Waals surface area (Å²) in [7, 11) is 0. The highest BCUT2D eigenvalue weighted by Gasteiger charge is 2.12. The lowest BCUT2D eigenvalue weighted by molar-refractivity contribution is 0.625. The first-order valence-corrected chi connectivity index (χ1v) is 6.77. The highest BCUT2D eigenvalue weighted by Crippen LogP contribution is 2.25. The molecule has 1 nitrogen and oxygen atoms in total. The first kappa shape index (κ1) is 14.0. The SMILES string of the molecule is CCc1ccccc1C(N)Cc1ccc(F)cc1Cl. The third-order valence-corrected chi connectivity index (χ3v) is 3.64. The van der Waals surface area contributed by atoms with Crippen molar-refractivity contribution in [3.8, 4) is 0 Å². The molecule has 0 fully saturated rings. The van der Waals surface area contributed by atoms with Crippen LogP contribution >= 0.6 is 11.6 Å². The van der Waals surface area contributed by atoms with Gasteiger partial charge in [0.15, 0.2) is 0 Å². The second-order valence-electron chi connectivity index (χ2n) is 4.60. The van der Waals surface area contributed by atoms with Gasteiger partial charge in [-0.3, -0.25) is 0 Å². The fourth-order valence-corrected chi connectivity index (χ4v) is 2.50. The van der Waals surface area contributed by atoms with Crippen molar-refractivity contribution in [2.24, 2.45) is 5.73 Å². The predicted octanol–water partition coefficient (Wildman–Crippen LogP) is 4.28. The van der Waals surface area contributed by atoms with Crippen molar-refractivity contribution in [1.82, 2.24) is 0 Å². The molecule has 0 radical (unpaired) electrons. The Morgan fingerprint density at radius 2 is 1.89 bits per heavy atom. The second kappa shape index (κ2) is 6.18. The summed E-state index contributed by atoms with van der Waals surface area (Å²) in [6.45, 7) is 2.11. The molecule has 0 bridgehead atoms. The summed E-state index contributed by atoms with van der Waals surface area (Å²) in [6, 6.07) is 12.4. The van der Waals surface area contributed by atoms with Crippen molar-refractivity contribution in [3.63, 3.8) is 0 Å². The fraction of sp³-hybridized carbons (Fsp3) is 0.250. The highest BCUT2D eigenvalue weighted by molar-refractivity contribution is 6.31. The molecule has 0 aliphatic rings. The van der Waals surface area contributed by atoms with E-state index >= 15 is 0 Å². The molecule has 2 aromatic carbocycles. The lowest BCUT2D eigenvalue weighted by Crippen LogP contribution is -2.15. The van der Waals surface area contributed by atoms with Crippen molar-refractivity contribution >= 4 is 11.6 Å². The smallest absolute Gasteiger partial charge is 0.124 e. The van der Waals surface area contributed by atoms with Crippen LogP contribution < -0.4 is 5.73 Å². The van der Waals surface area contributed by atoms with Crippen LogP contribution in [-0.4, -0.2) is 0 Å². The van der Waals surface area contributed by atoms with Gasteiger partial charge in [-0.2, -0.15) is 0 Å². The molecule has 0 aliphatic heterocycles. The van der Waals surface area contributed by atoms with Gasteiger partial charge >= 0.3 is 0 Å². The predicted molar refractivity (Wildman–Crippen MR) is 77.9 cm³/mol. The summed E-state index contributed by atoms with van der Waals surface area (Å²) in [5.74, 6) is -0.323. The number of hydrogen-bond acceptors (Lipinski definition) is 1. The van der Waals surface area contributed by atoms with Gasteiger partial charge in [-0.1, -0.05) is 48.9 Å². The van der Waals surface area contributed by atoms with Gasteiger partial charge < -0.3 is 5.73 Å². The van der Waals surface area contributed by atoms with E-state index in [9.17, 15) is 4.39 Å². The van der Waals surface area contributed by atoms with Crippen LogP contribution in [0.5, 0.6) is 0 Å². The van der Waals surface area contributed by atoms with E-state index in [0.29, 0.717) is 11.4 Å². The van der Waals surface area contributed by atoms with E-state index in [1.807, 2.05) is 18.2 Å². The standard InChI is InChI=1S/C16H17ClFN/c1-2-11-5-3-4-6-14(11)16(19)9-12-7-8-13(18)10-15(12)17/h3-8,10,16H,2,9,19H2,1H3. The Bertz CT molecular complexity index is 568. The van der Waals surface area contributed by atoms with Crippen LogP contribution in [0, 0.1) is 5.82 Å². The molecule has 1 atom stereocenters. The van der Waals surface area contributed by atoms with Crippen LogP contribution in [0.1, 0.15) is 29.7 Å². The molecular formula is C16H17ClFN. The quantitative estimate of drug-likeness (QED) is 0.887. The Labute approximate surface area is 118 Å². The molecule has 0 heterocycles. The molecule has 19 heavy (non-hydrogen) atoms. The number of halogens is 2. The molecule has 1 unspecified atom stereocenters. The zero-order chi connectivity index (χ0) is 13.8. The molecule has 2 aromatic rings. The molecule has 0 aliphatic carbocycles. The average Bonchev–Trinajstić information content (AvgIpc) is 2.41. The maximum atomic E-state index is 13.0. The van der Waals surface area contributed by atoms with Crippen LogP contribution in [-0.2, 0) is 12.8 Å². The summed E-state index contributed by atoms with van der Waals surface area (Å²) < 4.78 is 13.0. The molecule has 0 spiro atoms. The van der Waals surface area contributed by atoms with Crippen LogP contribution in [0.15, 0.2) is 42.5 Å². The average molecular weight is 278 g/mol. The summed E-state index contributed by atoms with van der Waals surface area (Å²) >= 11 is 6.04. The third-order valence-electron chi connectivity index (χ3n) is 3.29. The normalized spacial score (nSPS) is 12.4. The van der Waals surface area contributed by atoms with Gasteiger partial charge in [0.05, 0.1) is 0 Å². The number of aryl methyl sites for hydroxylation is 1. The first-order valence-electron chi connectivity index (χ1n) is 6.39. The molecule has 0 saturated heterocycles. The van der Waals surface area contributed by atoms with Gasteiger partial charge in [0.1, 0.15) is 5.82 Å². The van der Waals surface area contributed by atoms with Gasteiger partial charge in [-0.25, -0.2) is 4.39 Å². The van der Waals surface area contributed by atoms with E-state index in [2.05, 4.69) is 13.0 Å². The van der Waals surface area contributed by atoms with E-state index in [4.69, 9.17) is 17.3 Å².